The Labute approximate surface area is 222 Å². The molecule has 3 aromatic carbocycles. The number of halogens is 1. The van der Waals surface area contributed by atoms with Crippen LogP contribution in [0.1, 0.15) is 20.7 Å². The predicted molar refractivity (Wildman–Crippen MR) is 145 cm³/mol. The van der Waals surface area contributed by atoms with Gasteiger partial charge in [-0.3, -0.25) is 19.0 Å². The Kier molecular flexibility index (Phi) is 8.60. The molecule has 4 rings (SSSR count). The van der Waals surface area contributed by atoms with Crippen LogP contribution in [0.3, 0.4) is 0 Å². The Bertz CT molecular complexity index is 1500. The van der Waals surface area contributed by atoms with Crippen LogP contribution in [-0.2, 0) is 4.74 Å². The van der Waals surface area contributed by atoms with Gasteiger partial charge in [-0.2, -0.15) is 0 Å². The zero-order valence-corrected chi connectivity index (χ0v) is 21.8. The quantitative estimate of drug-likeness (QED) is 0.138. The Balaban J connectivity index is 1.75. The number of ketones is 1. The van der Waals surface area contributed by atoms with Gasteiger partial charge in [-0.15, -0.1) is 0 Å². The van der Waals surface area contributed by atoms with E-state index in [1.54, 1.807) is 80.9 Å². The maximum Gasteiger partial charge on any atom is 0.266 e. The SMILES string of the molecule is COCCNC(=O)c1ccc2c(=O)n(-c3ccc(OC)cc3)c(SCC(=O)c3cccc(Cl)c3)nc2c1. The van der Waals surface area contributed by atoms with Gasteiger partial charge in [0.2, 0.25) is 0 Å². The Morgan fingerprint density at radius 1 is 1.03 bits per heavy atom. The van der Waals surface area contributed by atoms with Gasteiger partial charge < -0.3 is 14.8 Å². The maximum absolute atomic E-state index is 13.6. The molecule has 0 spiro atoms. The lowest BCUT2D eigenvalue weighted by Gasteiger charge is -2.14. The average molecular weight is 538 g/mol. The van der Waals surface area contributed by atoms with E-state index in [2.05, 4.69) is 10.3 Å². The van der Waals surface area contributed by atoms with Crippen molar-refractivity contribution in [1.82, 2.24) is 14.9 Å². The van der Waals surface area contributed by atoms with Crippen LogP contribution in [0.2, 0.25) is 5.02 Å². The van der Waals surface area contributed by atoms with E-state index >= 15 is 0 Å². The zero-order valence-electron chi connectivity index (χ0n) is 20.2. The van der Waals surface area contributed by atoms with Crippen molar-refractivity contribution in [3.63, 3.8) is 0 Å². The molecule has 0 radical (unpaired) electrons. The molecule has 0 aliphatic rings. The van der Waals surface area contributed by atoms with Crippen LogP contribution in [0.15, 0.2) is 76.7 Å². The van der Waals surface area contributed by atoms with E-state index in [0.717, 1.165) is 11.8 Å². The number of carbonyl (C=O) groups excluding carboxylic acids is 2. The number of hydrogen-bond acceptors (Lipinski definition) is 7. The van der Waals surface area contributed by atoms with Crippen molar-refractivity contribution < 1.29 is 19.1 Å². The molecule has 0 aliphatic carbocycles. The van der Waals surface area contributed by atoms with Crippen LogP contribution >= 0.6 is 23.4 Å². The van der Waals surface area contributed by atoms with Crippen molar-refractivity contribution in [2.45, 2.75) is 5.16 Å². The topological polar surface area (TPSA) is 99.5 Å². The number of methoxy groups -OCH3 is 2. The number of Topliss-reactive ketones (excluding diaryl/α,β-unsaturated/α-hetero) is 1. The van der Waals surface area contributed by atoms with Crippen molar-refractivity contribution in [3.8, 4) is 11.4 Å². The Hall–Kier alpha value is -3.66. The average Bonchev–Trinajstić information content (AvgIpc) is 2.91. The molecule has 0 fully saturated rings. The number of benzene rings is 3. The Morgan fingerprint density at radius 2 is 1.81 bits per heavy atom. The summed E-state index contributed by atoms with van der Waals surface area (Å²) in [6.07, 6.45) is 0. The molecule has 0 aliphatic heterocycles. The van der Waals surface area contributed by atoms with Gasteiger partial charge in [0, 0.05) is 29.8 Å². The number of nitrogens with zero attached hydrogens (tertiary/aromatic N) is 2. The highest BCUT2D eigenvalue weighted by Gasteiger charge is 2.17. The maximum atomic E-state index is 13.6. The van der Waals surface area contributed by atoms with Crippen molar-refractivity contribution in [2.24, 2.45) is 0 Å². The minimum Gasteiger partial charge on any atom is -0.497 e. The summed E-state index contributed by atoms with van der Waals surface area (Å²) in [5, 5.41) is 3.88. The number of fused-ring (bicyclic) bond motifs is 1. The summed E-state index contributed by atoms with van der Waals surface area (Å²) < 4.78 is 11.7. The lowest BCUT2D eigenvalue weighted by Crippen LogP contribution is -2.27. The second kappa shape index (κ2) is 12.1. The molecule has 1 N–H and O–H groups in total. The van der Waals surface area contributed by atoms with E-state index < -0.39 is 0 Å². The normalized spacial score (nSPS) is 10.9. The fourth-order valence-corrected chi connectivity index (χ4v) is 4.70. The van der Waals surface area contributed by atoms with Gasteiger partial charge in [0.1, 0.15) is 5.75 Å². The van der Waals surface area contributed by atoms with Gasteiger partial charge in [0.25, 0.3) is 11.5 Å². The molecule has 0 saturated carbocycles. The summed E-state index contributed by atoms with van der Waals surface area (Å²) in [5.74, 6) is 0.214. The van der Waals surface area contributed by atoms with Gasteiger partial charge >= 0.3 is 0 Å². The van der Waals surface area contributed by atoms with Crippen LogP contribution in [0.4, 0.5) is 0 Å². The van der Waals surface area contributed by atoms with E-state index in [-0.39, 0.29) is 23.0 Å². The highest BCUT2D eigenvalue weighted by Crippen LogP contribution is 2.24. The number of carbonyl (C=O) groups is 2. The molecule has 190 valence electrons. The summed E-state index contributed by atoms with van der Waals surface area (Å²) in [4.78, 5) is 43.7. The lowest BCUT2D eigenvalue weighted by atomic mass is 10.1. The van der Waals surface area contributed by atoms with Crippen LogP contribution in [0.25, 0.3) is 16.6 Å². The predicted octanol–water partition coefficient (Wildman–Crippen LogP) is 4.40. The monoisotopic (exact) mass is 537 g/mol. The summed E-state index contributed by atoms with van der Waals surface area (Å²) in [6, 6.07) is 18.4. The molecule has 0 saturated heterocycles. The molecule has 4 aromatic rings. The van der Waals surface area contributed by atoms with E-state index in [1.807, 2.05) is 0 Å². The number of rotatable bonds is 10. The number of aromatic nitrogens is 2. The first kappa shape index (κ1) is 26.4. The molecule has 1 heterocycles. The number of hydrogen-bond donors (Lipinski definition) is 1. The summed E-state index contributed by atoms with van der Waals surface area (Å²) >= 11 is 7.17. The number of amides is 1. The number of nitrogens with one attached hydrogen (secondary N) is 1. The van der Waals surface area contributed by atoms with Crippen molar-refractivity contribution in [3.05, 3.63) is 93.2 Å². The van der Waals surface area contributed by atoms with Gasteiger partial charge in [0.15, 0.2) is 10.9 Å². The standard InChI is InChI=1S/C27H24ClN3O5S/c1-35-13-12-29-25(33)18-6-11-22-23(15-18)30-27(37-16-24(32)17-4-3-5-19(28)14-17)31(26(22)34)20-7-9-21(36-2)10-8-20/h3-11,14-15H,12-13,16H2,1-2H3,(H,29,33). The van der Waals surface area contributed by atoms with Crippen LogP contribution in [0, 0.1) is 0 Å². The number of ether oxygens (including phenoxy) is 2. The summed E-state index contributed by atoms with van der Waals surface area (Å²) in [7, 11) is 3.11. The molecule has 37 heavy (non-hydrogen) atoms. The minimum atomic E-state index is -0.320. The smallest absolute Gasteiger partial charge is 0.266 e. The highest BCUT2D eigenvalue weighted by molar-refractivity contribution is 7.99. The molecule has 1 aromatic heterocycles. The third-order valence-electron chi connectivity index (χ3n) is 5.50. The molecule has 0 bridgehead atoms. The van der Waals surface area contributed by atoms with Gasteiger partial charge in [-0.1, -0.05) is 35.5 Å². The number of thioether (sulfide) groups is 1. The fourth-order valence-electron chi connectivity index (χ4n) is 3.61. The summed E-state index contributed by atoms with van der Waals surface area (Å²) in [5.41, 5.74) is 1.43. The third kappa shape index (κ3) is 6.19. The first-order valence-corrected chi connectivity index (χ1v) is 12.7. The molecule has 8 nitrogen and oxygen atoms in total. The van der Waals surface area contributed by atoms with Crippen molar-refractivity contribution in [2.75, 3.05) is 33.1 Å². The highest BCUT2D eigenvalue weighted by atomic mass is 35.5. The first-order valence-electron chi connectivity index (χ1n) is 11.3. The van der Waals surface area contributed by atoms with Crippen LogP contribution in [-0.4, -0.2) is 54.4 Å². The fraction of sp³-hybridized carbons (Fsp3) is 0.185. The van der Waals surface area contributed by atoms with Gasteiger partial charge in [-0.05, 0) is 54.6 Å². The largest absolute Gasteiger partial charge is 0.497 e. The van der Waals surface area contributed by atoms with Gasteiger partial charge in [-0.25, -0.2) is 4.98 Å². The second-order valence-corrected chi connectivity index (χ2v) is 9.31. The zero-order chi connectivity index (χ0) is 26.4. The molecule has 0 unspecified atom stereocenters. The first-order chi connectivity index (χ1) is 17.9. The minimum absolute atomic E-state index is 0.0334. The molecular formula is C27H24ClN3O5S. The molecule has 10 heteroatoms. The van der Waals surface area contributed by atoms with E-state index in [4.69, 9.17) is 21.1 Å². The van der Waals surface area contributed by atoms with Gasteiger partial charge in [0.05, 0.1) is 36.1 Å². The van der Waals surface area contributed by atoms with Crippen molar-refractivity contribution in [1.29, 1.82) is 0 Å². The van der Waals surface area contributed by atoms with E-state index in [1.165, 1.54) is 4.57 Å². The third-order valence-corrected chi connectivity index (χ3v) is 6.68. The Morgan fingerprint density at radius 3 is 2.51 bits per heavy atom. The second-order valence-electron chi connectivity index (χ2n) is 7.94. The van der Waals surface area contributed by atoms with E-state index in [9.17, 15) is 14.4 Å². The molecular weight excluding hydrogens is 514 g/mol. The van der Waals surface area contributed by atoms with Crippen molar-refractivity contribution >= 4 is 46.0 Å². The summed E-state index contributed by atoms with van der Waals surface area (Å²) in [6.45, 7) is 0.734. The molecule has 0 atom stereocenters. The van der Waals surface area contributed by atoms with E-state index in [0.29, 0.717) is 56.8 Å². The lowest BCUT2D eigenvalue weighted by molar-refractivity contribution is 0.0936. The van der Waals surface area contributed by atoms with Crippen LogP contribution < -0.4 is 15.6 Å². The molecule has 1 amide bonds. The van der Waals surface area contributed by atoms with Crippen LogP contribution in [0.5, 0.6) is 5.75 Å².